The van der Waals surface area contributed by atoms with E-state index in [4.69, 9.17) is 0 Å². The fourth-order valence-electron chi connectivity index (χ4n) is 4.53. The highest BCUT2D eigenvalue weighted by molar-refractivity contribution is 5.88. The van der Waals surface area contributed by atoms with Gasteiger partial charge in [0.1, 0.15) is 6.04 Å². The molecule has 2 aromatic carbocycles. The lowest BCUT2D eigenvalue weighted by Gasteiger charge is -2.31. The highest BCUT2D eigenvalue weighted by Crippen LogP contribution is 2.20. The third-order valence-corrected chi connectivity index (χ3v) is 6.56. The van der Waals surface area contributed by atoms with Crippen LogP contribution in [0.2, 0.25) is 0 Å². The SMILES string of the molecule is CCC(C(=O)NC1CCCC1)N(Cc1ccccc1)C(=O)CCc1ccc(C(C)C)cc1. The van der Waals surface area contributed by atoms with Gasteiger partial charge in [-0.15, -0.1) is 0 Å². The number of hydrogen-bond donors (Lipinski definition) is 1. The molecule has 1 aliphatic rings. The van der Waals surface area contributed by atoms with Gasteiger partial charge in [0.2, 0.25) is 11.8 Å². The molecule has 1 saturated carbocycles. The highest BCUT2D eigenvalue weighted by atomic mass is 16.2. The standard InChI is InChI=1S/C28H38N2O2/c1-4-26(28(32)29-25-12-8-9-13-25)30(20-23-10-6-5-7-11-23)27(31)19-16-22-14-17-24(18-15-22)21(2)3/h5-7,10-11,14-15,17-18,21,25-26H,4,8-9,12-13,16,19-20H2,1-3H3,(H,29,32). The van der Waals surface area contributed by atoms with Gasteiger partial charge in [0.05, 0.1) is 0 Å². The molecule has 3 rings (SSSR count). The van der Waals surface area contributed by atoms with Gasteiger partial charge >= 0.3 is 0 Å². The second-order valence-corrected chi connectivity index (χ2v) is 9.32. The fraction of sp³-hybridized carbons (Fsp3) is 0.500. The molecule has 4 nitrogen and oxygen atoms in total. The third kappa shape index (κ3) is 6.69. The van der Waals surface area contributed by atoms with Gasteiger partial charge in [0.15, 0.2) is 0 Å². The van der Waals surface area contributed by atoms with E-state index >= 15 is 0 Å². The summed E-state index contributed by atoms with van der Waals surface area (Å²) < 4.78 is 0. The number of carbonyl (C=O) groups excluding carboxylic acids is 2. The lowest BCUT2D eigenvalue weighted by molar-refractivity contribution is -0.141. The van der Waals surface area contributed by atoms with Crippen molar-refractivity contribution in [3.8, 4) is 0 Å². The lowest BCUT2D eigenvalue weighted by Crippen LogP contribution is -2.51. The van der Waals surface area contributed by atoms with Crippen molar-refractivity contribution in [2.24, 2.45) is 0 Å². The van der Waals surface area contributed by atoms with Crippen LogP contribution in [0.25, 0.3) is 0 Å². The molecule has 172 valence electrons. The van der Waals surface area contributed by atoms with Gasteiger partial charge in [-0.25, -0.2) is 0 Å². The smallest absolute Gasteiger partial charge is 0.243 e. The topological polar surface area (TPSA) is 49.4 Å². The van der Waals surface area contributed by atoms with Crippen molar-refractivity contribution in [2.45, 2.75) is 90.3 Å². The van der Waals surface area contributed by atoms with Crippen LogP contribution in [0.1, 0.15) is 81.9 Å². The summed E-state index contributed by atoms with van der Waals surface area (Å²) in [5.41, 5.74) is 3.51. The Hall–Kier alpha value is -2.62. The minimum atomic E-state index is -0.438. The maximum Gasteiger partial charge on any atom is 0.243 e. The molecule has 0 saturated heterocycles. The minimum absolute atomic E-state index is 0.00929. The third-order valence-electron chi connectivity index (χ3n) is 6.56. The first-order valence-electron chi connectivity index (χ1n) is 12.2. The van der Waals surface area contributed by atoms with Crippen molar-refractivity contribution in [2.75, 3.05) is 0 Å². The van der Waals surface area contributed by atoms with Gasteiger partial charge in [-0.3, -0.25) is 9.59 Å². The van der Waals surface area contributed by atoms with E-state index in [1.54, 1.807) is 4.90 Å². The largest absolute Gasteiger partial charge is 0.352 e. The van der Waals surface area contributed by atoms with E-state index in [1.165, 1.54) is 18.4 Å². The van der Waals surface area contributed by atoms with Crippen molar-refractivity contribution in [3.63, 3.8) is 0 Å². The summed E-state index contributed by atoms with van der Waals surface area (Å²) in [5.74, 6) is 0.524. The first-order chi connectivity index (χ1) is 15.5. The summed E-state index contributed by atoms with van der Waals surface area (Å²) in [4.78, 5) is 28.3. The summed E-state index contributed by atoms with van der Waals surface area (Å²) in [6, 6.07) is 18.3. The number of hydrogen-bond acceptors (Lipinski definition) is 2. The van der Waals surface area contributed by atoms with Crippen LogP contribution in [0.3, 0.4) is 0 Å². The van der Waals surface area contributed by atoms with Gasteiger partial charge in [0.25, 0.3) is 0 Å². The second kappa shape index (κ2) is 11.8. The average Bonchev–Trinajstić information content (AvgIpc) is 3.31. The Kier molecular flexibility index (Phi) is 8.90. The summed E-state index contributed by atoms with van der Waals surface area (Å²) in [6.07, 6.45) is 6.13. The second-order valence-electron chi connectivity index (χ2n) is 9.32. The number of rotatable bonds is 10. The Morgan fingerprint density at radius 2 is 1.62 bits per heavy atom. The molecule has 0 radical (unpaired) electrons. The maximum absolute atomic E-state index is 13.4. The normalized spacial score (nSPS) is 15.0. The van der Waals surface area contributed by atoms with Crippen molar-refractivity contribution >= 4 is 11.8 Å². The molecule has 1 N–H and O–H groups in total. The molecule has 32 heavy (non-hydrogen) atoms. The Labute approximate surface area is 193 Å². The van der Waals surface area contributed by atoms with Crippen LogP contribution in [0.4, 0.5) is 0 Å². The van der Waals surface area contributed by atoms with Crippen LogP contribution in [-0.2, 0) is 22.6 Å². The van der Waals surface area contributed by atoms with E-state index in [1.807, 2.05) is 37.3 Å². The first-order valence-corrected chi connectivity index (χ1v) is 12.2. The Morgan fingerprint density at radius 3 is 2.22 bits per heavy atom. The van der Waals surface area contributed by atoms with Crippen molar-refractivity contribution in [1.29, 1.82) is 0 Å². The van der Waals surface area contributed by atoms with Crippen LogP contribution < -0.4 is 5.32 Å². The molecule has 0 spiro atoms. The summed E-state index contributed by atoms with van der Waals surface area (Å²) >= 11 is 0. The minimum Gasteiger partial charge on any atom is -0.352 e. The van der Waals surface area contributed by atoms with Crippen molar-refractivity contribution < 1.29 is 9.59 Å². The number of nitrogens with zero attached hydrogens (tertiary/aromatic N) is 1. The van der Waals surface area contributed by atoms with E-state index < -0.39 is 6.04 Å². The quantitative estimate of drug-likeness (QED) is 0.528. The number of carbonyl (C=O) groups is 2. The zero-order valence-electron chi connectivity index (χ0n) is 19.8. The summed E-state index contributed by atoms with van der Waals surface area (Å²) in [6.45, 7) is 6.82. The number of benzene rings is 2. The number of aryl methyl sites for hydroxylation is 1. The van der Waals surface area contributed by atoms with E-state index in [-0.39, 0.29) is 17.9 Å². The molecular weight excluding hydrogens is 396 g/mol. The Morgan fingerprint density at radius 1 is 0.969 bits per heavy atom. The van der Waals surface area contributed by atoms with E-state index in [0.29, 0.717) is 31.7 Å². The molecule has 1 aliphatic carbocycles. The van der Waals surface area contributed by atoms with Crippen LogP contribution >= 0.6 is 0 Å². The molecule has 2 aromatic rings. The number of amides is 2. The van der Waals surface area contributed by atoms with Crippen LogP contribution in [0.15, 0.2) is 54.6 Å². The Bertz CT molecular complexity index is 855. The van der Waals surface area contributed by atoms with Gasteiger partial charge in [-0.1, -0.05) is 88.2 Å². The predicted molar refractivity (Wildman–Crippen MR) is 130 cm³/mol. The maximum atomic E-state index is 13.4. The predicted octanol–water partition coefficient (Wildman–Crippen LogP) is 5.61. The molecule has 1 atom stereocenters. The molecular formula is C28H38N2O2. The lowest BCUT2D eigenvalue weighted by atomic mass is 10.00. The molecule has 0 heterocycles. The first kappa shape index (κ1) is 24.0. The van der Waals surface area contributed by atoms with Gasteiger partial charge in [0, 0.05) is 19.0 Å². The molecule has 0 aromatic heterocycles. The van der Waals surface area contributed by atoms with Crippen molar-refractivity contribution in [1.82, 2.24) is 10.2 Å². The zero-order chi connectivity index (χ0) is 22.9. The van der Waals surface area contributed by atoms with Gasteiger partial charge in [-0.05, 0) is 48.3 Å². The van der Waals surface area contributed by atoms with E-state index in [2.05, 4.69) is 43.4 Å². The average molecular weight is 435 g/mol. The fourth-order valence-corrected chi connectivity index (χ4v) is 4.53. The van der Waals surface area contributed by atoms with Crippen LogP contribution in [-0.4, -0.2) is 28.8 Å². The molecule has 2 amide bonds. The zero-order valence-corrected chi connectivity index (χ0v) is 19.8. The Balaban J connectivity index is 1.71. The highest BCUT2D eigenvalue weighted by Gasteiger charge is 2.30. The summed E-state index contributed by atoms with van der Waals surface area (Å²) in [5, 5.41) is 3.21. The van der Waals surface area contributed by atoms with Crippen molar-refractivity contribution in [3.05, 3.63) is 71.3 Å². The molecule has 1 unspecified atom stereocenters. The van der Waals surface area contributed by atoms with E-state index in [9.17, 15) is 9.59 Å². The number of nitrogens with one attached hydrogen (secondary N) is 1. The van der Waals surface area contributed by atoms with E-state index in [0.717, 1.165) is 24.0 Å². The molecule has 0 aliphatic heterocycles. The van der Waals surface area contributed by atoms with Crippen LogP contribution in [0, 0.1) is 0 Å². The summed E-state index contributed by atoms with van der Waals surface area (Å²) in [7, 11) is 0. The van der Waals surface area contributed by atoms with Gasteiger partial charge in [-0.2, -0.15) is 0 Å². The molecule has 1 fully saturated rings. The van der Waals surface area contributed by atoms with Crippen LogP contribution in [0.5, 0.6) is 0 Å². The monoisotopic (exact) mass is 434 g/mol. The van der Waals surface area contributed by atoms with Gasteiger partial charge < -0.3 is 10.2 Å². The molecule has 0 bridgehead atoms. The molecule has 4 heteroatoms.